The van der Waals surface area contributed by atoms with E-state index in [-0.39, 0.29) is 17.9 Å². The van der Waals surface area contributed by atoms with Crippen LogP contribution in [0.3, 0.4) is 0 Å². The second kappa shape index (κ2) is 7.87. The van der Waals surface area contributed by atoms with Crippen LogP contribution in [0.15, 0.2) is 59.4 Å². The van der Waals surface area contributed by atoms with E-state index in [9.17, 15) is 9.59 Å². The number of carbonyl (C=O) groups is 1. The number of benzene rings is 2. The minimum Gasteiger partial charge on any atom is -0.457 e. The van der Waals surface area contributed by atoms with Gasteiger partial charge in [0.05, 0.1) is 6.42 Å². The van der Waals surface area contributed by atoms with E-state index in [1.165, 1.54) is 6.07 Å². The van der Waals surface area contributed by atoms with Crippen LogP contribution >= 0.6 is 0 Å². The molecule has 4 rings (SSSR count). The zero-order valence-electron chi connectivity index (χ0n) is 17.0. The molecule has 0 fully saturated rings. The highest BCUT2D eigenvalue weighted by Gasteiger charge is 2.14. The third kappa shape index (κ3) is 4.10. The molecule has 7 nitrogen and oxygen atoms in total. The summed E-state index contributed by atoms with van der Waals surface area (Å²) >= 11 is 0. The number of ether oxygens (including phenoxy) is 1. The van der Waals surface area contributed by atoms with E-state index in [1.54, 1.807) is 16.6 Å². The third-order valence-electron chi connectivity index (χ3n) is 4.90. The molecular formula is C23H22N4O3. The number of aromatic nitrogens is 3. The summed E-state index contributed by atoms with van der Waals surface area (Å²) in [6.45, 7) is 5.71. The Morgan fingerprint density at radius 2 is 1.83 bits per heavy atom. The molecule has 0 saturated carbocycles. The van der Waals surface area contributed by atoms with Crippen LogP contribution in [-0.4, -0.2) is 20.5 Å². The highest BCUT2D eigenvalue weighted by Crippen LogP contribution is 2.24. The molecule has 30 heavy (non-hydrogen) atoms. The number of H-pyrrole nitrogens is 1. The van der Waals surface area contributed by atoms with Gasteiger partial charge in [-0.05, 0) is 62.7 Å². The number of amides is 1. The molecule has 0 atom stereocenters. The topological polar surface area (TPSA) is 88.5 Å². The minimum absolute atomic E-state index is 0.155. The van der Waals surface area contributed by atoms with Crippen molar-refractivity contribution in [3.8, 4) is 11.5 Å². The van der Waals surface area contributed by atoms with E-state index in [2.05, 4.69) is 15.4 Å². The minimum atomic E-state index is -0.223. The standard InChI is InChI=1S/C23H22N4O3/c1-14-5-4-6-19(11-14)30-18-9-7-17(8-10-18)25-22(28)12-20-15(2)24-21-13-23(29)26-27(21)16(20)3/h4-11,13H,12H2,1-3H3,(H,25,28)(H,26,29). The average molecular weight is 402 g/mol. The van der Waals surface area contributed by atoms with Crippen molar-refractivity contribution in [3.05, 3.63) is 87.5 Å². The molecule has 0 aliphatic carbocycles. The number of anilines is 1. The van der Waals surface area contributed by atoms with E-state index in [0.29, 0.717) is 17.1 Å². The highest BCUT2D eigenvalue weighted by atomic mass is 16.5. The number of hydrogen-bond acceptors (Lipinski definition) is 4. The van der Waals surface area contributed by atoms with Gasteiger partial charge in [0.1, 0.15) is 11.5 Å². The highest BCUT2D eigenvalue weighted by molar-refractivity contribution is 5.92. The lowest BCUT2D eigenvalue weighted by Crippen LogP contribution is -2.17. The maximum Gasteiger partial charge on any atom is 0.266 e. The van der Waals surface area contributed by atoms with E-state index < -0.39 is 0 Å². The van der Waals surface area contributed by atoms with Crippen LogP contribution in [0, 0.1) is 20.8 Å². The second-order valence-corrected chi connectivity index (χ2v) is 7.24. The van der Waals surface area contributed by atoms with Crippen LogP contribution in [0.4, 0.5) is 5.69 Å². The summed E-state index contributed by atoms with van der Waals surface area (Å²) in [4.78, 5) is 28.6. The number of fused-ring (bicyclic) bond motifs is 1. The first-order valence-corrected chi connectivity index (χ1v) is 9.61. The summed E-state index contributed by atoms with van der Waals surface area (Å²) in [5, 5.41) is 5.59. The molecule has 2 N–H and O–H groups in total. The zero-order chi connectivity index (χ0) is 21.3. The molecule has 7 heteroatoms. The smallest absolute Gasteiger partial charge is 0.266 e. The van der Waals surface area contributed by atoms with Gasteiger partial charge in [-0.25, -0.2) is 9.50 Å². The van der Waals surface area contributed by atoms with E-state index in [1.807, 2.05) is 57.2 Å². The van der Waals surface area contributed by atoms with Crippen molar-refractivity contribution >= 4 is 17.2 Å². The third-order valence-corrected chi connectivity index (χ3v) is 4.90. The summed E-state index contributed by atoms with van der Waals surface area (Å²) in [6.07, 6.45) is 0.155. The summed E-state index contributed by atoms with van der Waals surface area (Å²) in [6, 6.07) is 16.5. The molecule has 2 heterocycles. The Kier molecular flexibility index (Phi) is 5.10. The normalized spacial score (nSPS) is 10.9. The molecular weight excluding hydrogens is 380 g/mol. The molecule has 152 valence electrons. The average Bonchev–Trinajstić information content (AvgIpc) is 3.07. The van der Waals surface area contributed by atoms with Crippen molar-refractivity contribution in [1.82, 2.24) is 14.6 Å². The van der Waals surface area contributed by atoms with Crippen molar-refractivity contribution in [2.75, 3.05) is 5.32 Å². The molecule has 0 unspecified atom stereocenters. The number of aryl methyl sites for hydroxylation is 3. The van der Waals surface area contributed by atoms with Gasteiger partial charge in [0.25, 0.3) is 5.56 Å². The van der Waals surface area contributed by atoms with Gasteiger partial charge in [0.2, 0.25) is 5.91 Å². The van der Waals surface area contributed by atoms with Crippen LogP contribution in [0.5, 0.6) is 11.5 Å². The Balaban J connectivity index is 1.45. The molecule has 2 aromatic heterocycles. The van der Waals surface area contributed by atoms with Crippen molar-refractivity contribution in [3.63, 3.8) is 0 Å². The Bertz CT molecular complexity index is 1290. The Morgan fingerprint density at radius 3 is 2.57 bits per heavy atom. The lowest BCUT2D eigenvalue weighted by Gasteiger charge is -2.12. The maximum absolute atomic E-state index is 12.6. The van der Waals surface area contributed by atoms with E-state index >= 15 is 0 Å². The number of rotatable bonds is 5. The fourth-order valence-electron chi connectivity index (χ4n) is 3.40. The fourth-order valence-corrected chi connectivity index (χ4v) is 3.40. The Hall–Kier alpha value is -3.87. The molecule has 0 radical (unpaired) electrons. The Labute approximate surface area is 173 Å². The molecule has 0 aliphatic rings. The lowest BCUT2D eigenvalue weighted by atomic mass is 10.1. The molecule has 0 bridgehead atoms. The molecule has 0 spiro atoms. The van der Waals surface area contributed by atoms with Gasteiger partial charge in [-0.1, -0.05) is 12.1 Å². The van der Waals surface area contributed by atoms with Crippen LogP contribution in [0.2, 0.25) is 0 Å². The van der Waals surface area contributed by atoms with Crippen LogP contribution in [0.1, 0.15) is 22.5 Å². The summed E-state index contributed by atoms with van der Waals surface area (Å²) in [7, 11) is 0. The van der Waals surface area contributed by atoms with Gasteiger partial charge in [-0.2, -0.15) is 0 Å². The summed E-state index contributed by atoms with van der Waals surface area (Å²) in [5.74, 6) is 1.30. The zero-order valence-corrected chi connectivity index (χ0v) is 17.0. The number of nitrogens with one attached hydrogen (secondary N) is 2. The summed E-state index contributed by atoms with van der Waals surface area (Å²) in [5.41, 5.74) is 4.42. The Morgan fingerprint density at radius 1 is 1.07 bits per heavy atom. The quantitative estimate of drug-likeness (QED) is 0.530. The van der Waals surface area contributed by atoms with Gasteiger partial charge in [-0.15, -0.1) is 0 Å². The van der Waals surface area contributed by atoms with Crippen LogP contribution < -0.4 is 15.6 Å². The molecule has 4 aromatic rings. The van der Waals surface area contributed by atoms with E-state index in [0.717, 1.165) is 28.3 Å². The second-order valence-electron chi connectivity index (χ2n) is 7.24. The van der Waals surface area contributed by atoms with Gasteiger partial charge in [0, 0.05) is 28.7 Å². The van der Waals surface area contributed by atoms with Crippen molar-refractivity contribution in [1.29, 1.82) is 0 Å². The first-order valence-electron chi connectivity index (χ1n) is 9.61. The molecule has 1 amide bonds. The predicted molar refractivity (Wildman–Crippen MR) is 115 cm³/mol. The van der Waals surface area contributed by atoms with E-state index in [4.69, 9.17) is 4.74 Å². The van der Waals surface area contributed by atoms with Crippen LogP contribution in [-0.2, 0) is 11.2 Å². The van der Waals surface area contributed by atoms with Gasteiger partial charge in [-0.3, -0.25) is 14.7 Å². The number of nitrogens with zero attached hydrogens (tertiary/aromatic N) is 2. The van der Waals surface area contributed by atoms with Crippen molar-refractivity contribution in [2.24, 2.45) is 0 Å². The monoisotopic (exact) mass is 402 g/mol. The first-order chi connectivity index (χ1) is 14.4. The van der Waals surface area contributed by atoms with Crippen molar-refractivity contribution < 1.29 is 9.53 Å². The molecule has 0 aliphatic heterocycles. The number of aromatic amines is 1. The maximum atomic E-state index is 12.6. The molecule has 2 aromatic carbocycles. The lowest BCUT2D eigenvalue weighted by molar-refractivity contribution is -0.115. The van der Waals surface area contributed by atoms with Gasteiger partial charge < -0.3 is 10.1 Å². The SMILES string of the molecule is Cc1cccc(Oc2ccc(NC(=O)Cc3c(C)nc4cc(=O)[nH]n4c3C)cc2)c1. The number of carbonyl (C=O) groups excluding carboxylic acids is 1. The van der Waals surface area contributed by atoms with Gasteiger partial charge in [0.15, 0.2) is 5.65 Å². The number of hydrogen-bond donors (Lipinski definition) is 2. The largest absolute Gasteiger partial charge is 0.457 e. The molecule has 0 saturated heterocycles. The fraction of sp³-hybridized carbons (Fsp3) is 0.174. The predicted octanol–water partition coefficient (Wildman–Crippen LogP) is 3.92. The van der Waals surface area contributed by atoms with Crippen molar-refractivity contribution in [2.45, 2.75) is 27.2 Å². The first kappa shape index (κ1) is 19.4. The summed E-state index contributed by atoms with van der Waals surface area (Å²) < 4.78 is 7.44. The van der Waals surface area contributed by atoms with Gasteiger partial charge >= 0.3 is 0 Å². The van der Waals surface area contributed by atoms with Crippen LogP contribution in [0.25, 0.3) is 5.65 Å².